The van der Waals surface area contributed by atoms with Crippen LogP contribution in [0.4, 0.5) is 0 Å². The number of rotatable bonds is 8. The molecule has 1 heterocycles. The molecule has 1 aliphatic heterocycles. The molecule has 210 valence electrons. The molecule has 3 aromatic carbocycles. The lowest BCUT2D eigenvalue weighted by molar-refractivity contribution is -0.133. The first-order chi connectivity index (χ1) is 19.9. The lowest BCUT2D eigenvalue weighted by Gasteiger charge is -2.18. The first-order valence-corrected chi connectivity index (χ1v) is 14.1. The second-order valence-electron chi connectivity index (χ2n) is 11.2. The van der Waals surface area contributed by atoms with Crippen molar-refractivity contribution in [1.29, 1.82) is 0 Å². The lowest BCUT2D eigenvalue weighted by Crippen LogP contribution is -2.43. The number of esters is 1. The van der Waals surface area contributed by atoms with Gasteiger partial charge in [-0.25, -0.2) is 4.79 Å². The molecule has 3 fully saturated rings. The van der Waals surface area contributed by atoms with Crippen LogP contribution in [0.15, 0.2) is 84.9 Å². The molecule has 3 aliphatic rings. The van der Waals surface area contributed by atoms with Crippen LogP contribution in [0.2, 0.25) is 0 Å². The highest BCUT2D eigenvalue weighted by Crippen LogP contribution is 2.42. The molecule has 3 amide bonds. The summed E-state index contributed by atoms with van der Waals surface area (Å²) in [7, 11) is 1.30. The van der Waals surface area contributed by atoms with E-state index in [1.807, 2.05) is 36.4 Å². The van der Waals surface area contributed by atoms with Gasteiger partial charge < -0.3 is 20.3 Å². The van der Waals surface area contributed by atoms with Crippen molar-refractivity contribution in [3.63, 3.8) is 0 Å². The third-order valence-corrected chi connectivity index (χ3v) is 8.53. The number of carbonyl (C=O) groups excluding carboxylic acids is 4. The standard InChI is InChI=1S/C33H33N3O5/c1-41-33(40)23-14-12-22(13-15-23)32(39)36-18-26(30(37)34-28-16-24(28)20-8-4-2-5-9-20)27(19-36)31(38)35-29-17-25(29)21-10-6-3-7-11-21/h2-15,24-29H,16-19H2,1H3,(H,34,37)(H,35,38)/t24-,25-,26+,27+,28+,29+/m0/s1. The Bertz CT molecular complexity index is 1370. The zero-order chi connectivity index (χ0) is 28.5. The van der Waals surface area contributed by atoms with Crippen molar-refractivity contribution in [2.45, 2.75) is 36.8 Å². The normalized spacial score (nSPS) is 26.1. The average Bonchev–Trinajstić information content (AvgIpc) is 3.92. The van der Waals surface area contributed by atoms with Gasteiger partial charge in [-0.15, -0.1) is 0 Å². The van der Waals surface area contributed by atoms with Crippen molar-refractivity contribution in [2.24, 2.45) is 11.8 Å². The maximum absolute atomic E-state index is 13.6. The van der Waals surface area contributed by atoms with Crippen LogP contribution in [0, 0.1) is 11.8 Å². The minimum Gasteiger partial charge on any atom is -0.465 e. The van der Waals surface area contributed by atoms with Gasteiger partial charge in [0.25, 0.3) is 5.91 Å². The fourth-order valence-corrected chi connectivity index (χ4v) is 5.98. The smallest absolute Gasteiger partial charge is 0.337 e. The van der Waals surface area contributed by atoms with Gasteiger partial charge in [0.2, 0.25) is 11.8 Å². The second kappa shape index (κ2) is 11.2. The number of hydrogen-bond acceptors (Lipinski definition) is 5. The monoisotopic (exact) mass is 551 g/mol. The van der Waals surface area contributed by atoms with Crippen molar-refractivity contribution in [1.82, 2.24) is 15.5 Å². The average molecular weight is 552 g/mol. The largest absolute Gasteiger partial charge is 0.465 e. The van der Waals surface area contributed by atoms with Crippen LogP contribution < -0.4 is 10.6 Å². The molecular formula is C33H33N3O5. The van der Waals surface area contributed by atoms with Crippen LogP contribution in [0.25, 0.3) is 0 Å². The Labute approximate surface area is 239 Å². The second-order valence-corrected chi connectivity index (χ2v) is 11.2. The van der Waals surface area contributed by atoms with E-state index >= 15 is 0 Å². The number of nitrogens with one attached hydrogen (secondary N) is 2. The zero-order valence-electron chi connectivity index (χ0n) is 22.9. The summed E-state index contributed by atoms with van der Waals surface area (Å²) in [6, 6.07) is 26.4. The summed E-state index contributed by atoms with van der Waals surface area (Å²) in [5.41, 5.74) is 3.10. The topological polar surface area (TPSA) is 105 Å². The third kappa shape index (κ3) is 5.73. The predicted octanol–water partition coefficient (Wildman–Crippen LogP) is 3.51. The quantitative estimate of drug-likeness (QED) is 0.417. The van der Waals surface area contributed by atoms with Gasteiger partial charge in [0.05, 0.1) is 24.5 Å². The van der Waals surface area contributed by atoms with Gasteiger partial charge in [0, 0.05) is 42.6 Å². The minimum absolute atomic E-state index is 0.0233. The van der Waals surface area contributed by atoms with Gasteiger partial charge in [-0.3, -0.25) is 14.4 Å². The molecule has 0 spiro atoms. The maximum Gasteiger partial charge on any atom is 0.337 e. The summed E-state index contributed by atoms with van der Waals surface area (Å²) in [4.78, 5) is 53.9. The van der Waals surface area contributed by atoms with Crippen LogP contribution >= 0.6 is 0 Å². The molecule has 1 saturated heterocycles. The number of hydrogen-bond donors (Lipinski definition) is 2. The van der Waals surface area contributed by atoms with Crippen LogP contribution in [0.5, 0.6) is 0 Å². The highest BCUT2D eigenvalue weighted by Gasteiger charge is 2.48. The van der Waals surface area contributed by atoms with Crippen LogP contribution in [0.1, 0.15) is 56.5 Å². The van der Waals surface area contributed by atoms with Crippen LogP contribution in [0.3, 0.4) is 0 Å². The first kappa shape index (κ1) is 26.7. The van der Waals surface area contributed by atoms with Gasteiger partial charge in [-0.1, -0.05) is 60.7 Å². The molecule has 0 aromatic heterocycles. The van der Waals surface area contributed by atoms with Crippen LogP contribution in [-0.2, 0) is 14.3 Å². The van der Waals surface area contributed by atoms with Gasteiger partial charge in [-0.05, 0) is 48.2 Å². The Balaban J connectivity index is 1.15. The summed E-state index contributed by atoms with van der Waals surface area (Å²) in [6.07, 6.45) is 1.71. The van der Waals surface area contributed by atoms with E-state index in [4.69, 9.17) is 4.74 Å². The summed E-state index contributed by atoms with van der Waals surface area (Å²) >= 11 is 0. The van der Waals surface area contributed by atoms with Crippen molar-refractivity contribution >= 4 is 23.7 Å². The number of likely N-dealkylation sites (tertiary alicyclic amines) is 1. The van der Waals surface area contributed by atoms with Gasteiger partial charge in [0.15, 0.2) is 0 Å². The van der Waals surface area contributed by atoms with Crippen LogP contribution in [-0.4, -0.2) is 60.9 Å². The molecule has 8 heteroatoms. The molecule has 0 radical (unpaired) electrons. The van der Waals surface area contributed by atoms with Crippen molar-refractivity contribution in [2.75, 3.05) is 20.2 Å². The highest BCUT2D eigenvalue weighted by molar-refractivity contribution is 5.98. The fourth-order valence-electron chi connectivity index (χ4n) is 5.98. The first-order valence-electron chi connectivity index (χ1n) is 14.1. The number of amides is 3. The number of benzene rings is 3. The Morgan fingerprint density at radius 2 is 1.10 bits per heavy atom. The predicted molar refractivity (Wildman–Crippen MR) is 152 cm³/mol. The molecule has 3 aromatic rings. The number of nitrogens with zero attached hydrogens (tertiary/aromatic N) is 1. The van der Waals surface area contributed by atoms with Crippen molar-refractivity contribution < 1.29 is 23.9 Å². The van der Waals surface area contributed by atoms with E-state index in [1.165, 1.54) is 30.4 Å². The lowest BCUT2D eigenvalue weighted by atomic mass is 9.94. The van der Waals surface area contributed by atoms with Crippen molar-refractivity contribution in [3.05, 3.63) is 107 Å². The summed E-state index contributed by atoms with van der Waals surface area (Å²) in [6.45, 7) is 0.300. The van der Waals surface area contributed by atoms with E-state index < -0.39 is 17.8 Å². The number of ether oxygens (including phenoxy) is 1. The number of carbonyl (C=O) groups is 4. The van der Waals surface area contributed by atoms with Gasteiger partial charge >= 0.3 is 5.97 Å². The maximum atomic E-state index is 13.6. The zero-order valence-corrected chi connectivity index (χ0v) is 22.9. The minimum atomic E-state index is -0.653. The van der Waals surface area contributed by atoms with E-state index in [-0.39, 0.29) is 54.7 Å². The van der Waals surface area contributed by atoms with Gasteiger partial charge in [0.1, 0.15) is 0 Å². The molecule has 2 aliphatic carbocycles. The fraction of sp³-hybridized carbons (Fsp3) is 0.333. The molecule has 6 rings (SSSR count). The van der Waals surface area contributed by atoms with E-state index in [0.717, 1.165) is 12.8 Å². The SMILES string of the molecule is COC(=O)c1ccc(C(=O)N2C[C@@H](C(=O)N[C@@H]3C[C@H]3c3ccccc3)[C@H](C(=O)N[C@@H]3C[C@H]3c3ccccc3)C2)cc1. The summed E-state index contributed by atoms with van der Waals surface area (Å²) in [5, 5.41) is 6.30. The molecule has 41 heavy (non-hydrogen) atoms. The molecule has 0 bridgehead atoms. The molecule has 6 atom stereocenters. The third-order valence-electron chi connectivity index (χ3n) is 8.53. The Hall–Kier alpha value is -4.46. The van der Waals surface area contributed by atoms with E-state index in [9.17, 15) is 19.2 Å². The molecular weight excluding hydrogens is 518 g/mol. The number of methoxy groups -OCH3 is 1. The Kier molecular flexibility index (Phi) is 7.30. The highest BCUT2D eigenvalue weighted by atomic mass is 16.5. The molecule has 2 saturated carbocycles. The molecule has 0 unspecified atom stereocenters. The Morgan fingerprint density at radius 1 is 0.659 bits per heavy atom. The van der Waals surface area contributed by atoms with E-state index in [0.29, 0.717) is 11.1 Å². The molecule has 8 nitrogen and oxygen atoms in total. The van der Waals surface area contributed by atoms with E-state index in [1.54, 1.807) is 17.0 Å². The summed E-state index contributed by atoms with van der Waals surface area (Å²) < 4.78 is 4.74. The van der Waals surface area contributed by atoms with Gasteiger partial charge in [-0.2, -0.15) is 0 Å². The summed E-state index contributed by atoms with van der Waals surface area (Å²) in [5.74, 6) is -1.94. The van der Waals surface area contributed by atoms with Crippen molar-refractivity contribution in [3.8, 4) is 0 Å². The van der Waals surface area contributed by atoms with E-state index in [2.05, 4.69) is 34.9 Å². The molecule has 2 N–H and O–H groups in total. The Morgan fingerprint density at radius 3 is 1.54 bits per heavy atom.